The second-order valence-electron chi connectivity index (χ2n) is 8.64. The molecule has 1 saturated heterocycles. The van der Waals surface area contributed by atoms with Crippen molar-refractivity contribution in [3.8, 4) is 0 Å². The van der Waals surface area contributed by atoms with Crippen molar-refractivity contribution >= 4 is 66.6 Å². The molecule has 2 aliphatic rings. The molecular formula is C22H14B4ClF2N3O4. The first-order valence-corrected chi connectivity index (χ1v) is 10.9. The largest absolute Gasteiger partial charge is 0.349 e. The van der Waals surface area contributed by atoms with Gasteiger partial charge in [-0.05, 0) is 35.1 Å². The first kappa shape index (κ1) is 26.0. The van der Waals surface area contributed by atoms with Crippen molar-refractivity contribution in [3.63, 3.8) is 0 Å². The normalized spacial score (nSPS) is 23.2. The highest BCUT2D eigenvalue weighted by Crippen LogP contribution is 2.49. The molecular weight excluding hydrogens is 487 g/mol. The van der Waals surface area contributed by atoms with E-state index < -0.39 is 51.6 Å². The number of fused-ring (bicyclic) bond motifs is 1. The van der Waals surface area contributed by atoms with Gasteiger partial charge in [-0.3, -0.25) is 24.5 Å². The predicted molar refractivity (Wildman–Crippen MR) is 129 cm³/mol. The Labute approximate surface area is 215 Å². The number of imide groups is 1. The molecule has 7 nitrogen and oxygen atoms in total. The third kappa shape index (κ3) is 3.93. The van der Waals surface area contributed by atoms with E-state index in [1.807, 2.05) is 5.32 Å². The minimum atomic E-state index is -3.81. The molecule has 4 rings (SSSR count). The van der Waals surface area contributed by atoms with Crippen LogP contribution < -0.4 is 10.6 Å². The van der Waals surface area contributed by atoms with Gasteiger partial charge in [-0.25, -0.2) is 0 Å². The van der Waals surface area contributed by atoms with Crippen LogP contribution in [0.15, 0.2) is 42.5 Å². The highest BCUT2D eigenvalue weighted by Gasteiger charge is 2.59. The fraction of sp³-hybridized carbons (Fsp3) is 0.273. The zero-order valence-corrected chi connectivity index (χ0v) is 19.3. The van der Waals surface area contributed by atoms with E-state index in [4.69, 9.17) is 43.0 Å². The zero-order chi connectivity index (χ0) is 26.6. The summed E-state index contributed by atoms with van der Waals surface area (Å²) in [5, 5.41) is 2.08. The SMILES string of the molecule is [B]C1C(=O)NC(=O)[C@@]([B])(N2Cc3cc(CNC(=O)C(F)(F)c4ccc(Cl)cc4)ccc3C2=O)C1([B])[B]. The van der Waals surface area contributed by atoms with E-state index in [2.05, 4.69) is 5.32 Å². The van der Waals surface area contributed by atoms with Crippen LogP contribution in [0.2, 0.25) is 16.1 Å². The van der Waals surface area contributed by atoms with Gasteiger partial charge in [0.05, 0.1) is 29.0 Å². The number of nitrogens with one attached hydrogen (secondary N) is 2. The molecule has 2 aromatic carbocycles. The smallest absolute Gasteiger partial charge is 0.346 e. The Morgan fingerprint density at radius 2 is 1.78 bits per heavy atom. The number of nitrogens with zero attached hydrogens (tertiary/aromatic N) is 1. The summed E-state index contributed by atoms with van der Waals surface area (Å²) < 4.78 is 29.0. The van der Waals surface area contributed by atoms with Gasteiger partial charge in [0.25, 0.3) is 11.8 Å². The highest BCUT2D eigenvalue weighted by molar-refractivity contribution is 6.57. The quantitative estimate of drug-likeness (QED) is 0.465. The monoisotopic (exact) mass is 501 g/mol. The molecule has 2 N–H and O–H groups in total. The molecule has 174 valence electrons. The Bertz CT molecular complexity index is 1290. The minimum Gasteiger partial charge on any atom is -0.346 e. The summed E-state index contributed by atoms with van der Waals surface area (Å²) in [6, 6.07) is 8.92. The maximum absolute atomic E-state index is 14.5. The Kier molecular flexibility index (Phi) is 6.35. The summed E-state index contributed by atoms with van der Waals surface area (Å²) in [6.45, 7) is -0.521. The third-order valence-corrected chi connectivity index (χ3v) is 6.64. The second kappa shape index (κ2) is 8.80. The van der Waals surface area contributed by atoms with Crippen molar-refractivity contribution in [1.29, 1.82) is 0 Å². The van der Waals surface area contributed by atoms with Gasteiger partial charge in [0.15, 0.2) is 0 Å². The average molecular weight is 501 g/mol. The molecule has 4 amide bonds. The molecule has 2 heterocycles. The Balaban J connectivity index is 1.52. The van der Waals surface area contributed by atoms with Crippen molar-refractivity contribution in [2.75, 3.05) is 0 Å². The van der Waals surface area contributed by atoms with Gasteiger partial charge in [0, 0.05) is 29.2 Å². The fourth-order valence-electron chi connectivity index (χ4n) is 4.14. The number of hydrogen-bond donors (Lipinski definition) is 2. The van der Waals surface area contributed by atoms with Crippen LogP contribution in [0.4, 0.5) is 8.78 Å². The van der Waals surface area contributed by atoms with Crippen molar-refractivity contribution in [2.24, 2.45) is 0 Å². The van der Waals surface area contributed by atoms with E-state index in [0.717, 1.165) is 17.0 Å². The van der Waals surface area contributed by atoms with Crippen LogP contribution in [-0.4, -0.2) is 65.4 Å². The topological polar surface area (TPSA) is 95.6 Å². The molecule has 2 aromatic rings. The molecule has 8 radical (unpaired) electrons. The second-order valence-corrected chi connectivity index (χ2v) is 9.08. The lowest BCUT2D eigenvalue weighted by atomic mass is 9.31. The third-order valence-electron chi connectivity index (χ3n) is 6.38. The van der Waals surface area contributed by atoms with Crippen LogP contribution >= 0.6 is 11.6 Å². The number of alkyl halides is 2. The number of carbonyl (C=O) groups excluding carboxylic acids is 4. The molecule has 0 spiro atoms. The van der Waals surface area contributed by atoms with Crippen LogP contribution in [0.1, 0.15) is 27.0 Å². The number of benzene rings is 2. The maximum Gasteiger partial charge on any atom is 0.349 e. The van der Waals surface area contributed by atoms with Crippen LogP contribution in [-0.2, 0) is 33.4 Å². The summed E-state index contributed by atoms with van der Waals surface area (Å²) in [5.41, 5.74) is -1.99. The van der Waals surface area contributed by atoms with Gasteiger partial charge >= 0.3 is 5.92 Å². The summed E-state index contributed by atoms with van der Waals surface area (Å²) in [6.07, 6.45) is 0. The Morgan fingerprint density at radius 3 is 2.42 bits per heavy atom. The fourth-order valence-corrected chi connectivity index (χ4v) is 4.27. The molecule has 36 heavy (non-hydrogen) atoms. The lowest BCUT2D eigenvalue weighted by Gasteiger charge is -2.55. The van der Waals surface area contributed by atoms with Crippen LogP contribution in [0, 0.1) is 0 Å². The Morgan fingerprint density at radius 1 is 1.14 bits per heavy atom. The number of amides is 4. The van der Waals surface area contributed by atoms with Crippen LogP contribution in [0.25, 0.3) is 0 Å². The van der Waals surface area contributed by atoms with Crippen molar-refractivity contribution in [2.45, 2.75) is 35.5 Å². The van der Waals surface area contributed by atoms with Gasteiger partial charge in [-0.2, -0.15) is 8.78 Å². The minimum absolute atomic E-state index is 0.149. The first-order chi connectivity index (χ1) is 16.7. The van der Waals surface area contributed by atoms with Gasteiger partial charge in [0.1, 0.15) is 7.85 Å². The van der Waals surface area contributed by atoms with E-state index in [9.17, 15) is 28.0 Å². The van der Waals surface area contributed by atoms with Gasteiger partial charge < -0.3 is 10.2 Å². The summed E-state index contributed by atoms with van der Waals surface area (Å²) in [4.78, 5) is 50.7. The number of rotatable bonds is 5. The summed E-state index contributed by atoms with van der Waals surface area (Å²) >= 11 is 5.71. The van der Waals surface area contributed by atoms with Crippen LogP contribution in [0.5, 0.6) is 0 Å². The molecule has 1 unspecified atom stereocenters. The van der Waals surface area contributed by atoms with Gasteiger partial charge in [-0.1, -0.05) is 41.1 Å². The van der Waals surface area contributed by atoms with E-state index in [1.165, 1.54) is 30.3 Å². The van der Waals surface area contributed by atoms with Gasteiger partial charge in [-0.15, -0.1) is 0 Å². The molecule has 14 heteroatoms. The van der Waals surface area contributed by atoms with E-state index in [1.54, 1.807) is 0 Å². The van der Waals surface area contributed by atoms with Crippen molar-refractivity contribution in [3.05, 3.63) is 69.7 Å². The molecule has 0 aromatic heterocycles. The molecule has 0 aliphatic carbocycles. The molecule has 2 aliphatic heterocycles. The number of hydrogen-bond acceptors (Lipinski definition) is 4. The maximum atomic E-state index is 14.5. The summed E-state index contributed by atoms with van der Waals surface area (Å²) in [5.74, 6) is -9.67. The lowest BCUT2D eigenvalue weighted by Crippen LogP contribution is -2.72. The van der Waals surface area contributed by atoms with Gasteiger partial charge in [0.2, 0.25) is 11.8 Å². The van der Waals surface area contributed by atoms with E-state index in [0.29, 0.717) is 11.1 Å². The van der Waals surface area contributed by atoms with Crippen molar-refractivity contribution < 1.29 is 28.0 Å². The predicted octanol–water partition coefficient (Wildman–Crippen LogP) is 0.635. The molecule has 2 atom stereocenters. The number of halogens is 3. The highest BCUT2D eigenvalue weighted by atomic mass is 35.5. The standard InChI is InChI=1S/C22H14B4ClF2N3O4/c23-15-16(33)31-19(36)22(26,21(15,24)25)32-9-11-7-10(1-6-14(11)17(32)34)8-30-18(35)20(28,29)12-2-4-13(27)5-3-12/h1-7,15H,8-9H2,(H,30,35)(H,31,33,36)/t15?,22-/m1/s1. The zero-order valence-electron chi connectivity index (χ0n) is 18.6. The lowest BCUT2D eigenvalue weighted by molar-refractivity contribution is -0.147. The van der Waals surface area contributed by atoms with Crippen molar-refractivity contribution in [1.82, 2.24) is 15.5 Å². The molecule has 1 fully saturated rings. The molecule has 0 bridgehead atoms. The Hall–Kier alpha value is -3.07. The molecule has 0 saturated carbocycles. The first-order valence-electron chi connectivity index (χ1n) is 10.5. The van der Waals surface area contributed by atoms with E-state index >= 15 is 0 Å². The number of carbonyl (C=O) groups is 4. The van der Waals surface area contributed by atoms with Crippen LogP contribution in [0.3, 0.4) is 0 Å². The number of piperidine rings is 1. The average Bonchev–Trinajstić information content (AvgIpc) is 3.16. The van der Waals surface area contributed by atoms with E-state index in [-0.39, 0.29) is 23.7 Å². The summed E-state index contributed by atoms with van der Waals surface area (Å²) in [7, 11) is 24.0.